The number of nitrogens with zero attached hydrogens (tertiary/aromatic N) is 1. The predicted octanol–water partition coefficient (Wildman–Crippen LogP) is -0.191. The molecule has 0 aromatic heterocycles. The molecule has 0 radical (unpaired) electrons. The highest BCUT2D eigenvalue weighted by Gasteiger charge is 2.33. The first-order chi connectivity index (χ1) is 5.27. The van der Waals surface area contributed by atoms with Gasteiger partial charge in [0.05, 0.1) is 20.1 Å². The van der Waals surface area contributed by atoms with Crippen LogP contribution in [0.1, 0.15) is 6.42 Å². The summed E-state index contributed by atoms with van der Waals surface area (Å²) in [6.45, 7) is 7.32. The molecular weight excluding hydrogens is 144 g/mol. The molecular formula is C7H10N2O2. The highest BCUT2D eigenvalue weighted by Crippen LogP contribution is 2.10. The van der Waals surface area contributed by atoms with Gasteiger partial charge in [-0.05, 0) is 0 Å². The van der Waals surface area contributed by atoms with Gasteiger partial charge in [-0.3, -0.25) is 10.1 Å². The second-order valence-corrected chi connectivity index (χ2v) is 2.50. The van der Waals surface area contributed by atoms with Crippen LogP contribution in [0.2, 0.25) is 0 Å². The molecule has 4 heteroatoms. The molecule has 1 heterocycles. The van der Waals surface area contributed by atoms with E-state index in [-0.39, 0.29) is 18.1 Å². The number of carbonyl (C=O) groups is 1. The Bertz CT molecular complexity index is 197. The normalized spacial score (nSPS) is 29.5. The van der Waals surface area contributed by atoms with Crippen LogP contribution in [-0.4, -0.2) is 31.7 Å². The average Bonchev–Trinajstić information content (AvgIpc) is 2.50. The number of rotatable bonds is 1. The van der Waals surface area contributed by atoms with Crippen LogP contribution in [-0.2, 0) is 9.53 Å². The molecule has 4 nitrogen and oxygen atoms in total. The van der Waals surface area contributed by atoms with Crippen molar-refractivity contribution in [3.05, 3.63) is 11.4 Å². The third-order valence-electron chi connectivity index (χ3n) is 1.78. The Hall–Kier alpha value is -1.08. The first-order valence-electron chi connectivity index (χ1n) is 3.45. The average molecular weight is 154 g/mol. The number of hydrogen-bond donors (Lipinski definition) is 1. The fraction of sp³-hybridized carbons (Fsp3) is 0.714. The van der Waals surface area contributed by atoms with E-state index >= 15 is 0 Å². The van der Waals surface area contributed by atoms with Crippen molar-refractivity contribution in [2.45, 2.75) is 18.5 Å². The number of methoxy groups -OCH3 is 1. The van der Waals surface area contributed by atoms with Crippen molar-refractivity contribution < 1.29 is 9.53 Å². The lowest BCUT2D eigenvalue weighted by Gasteiger charge is -2.04. The number of carbonyl (C=O) groups excluding carboxylic acids is 1. The van der Waals surface area contributed by atoms with Gasteiger partial charge in [-0.15, -0.1) is 0 Å². The Kier molecular flexibility index (Phi) is 2.44. The van der Waals surface area contributed by atoms with Crippen LogP contribution in [0.15, 0.2) is 0 Å². The van der Waals surface area contributed by atoms with Crippen LogP contribution in [0, 0.1) is 6.57 Å². The molecule has 11 heavy (non-hydrogen) atoms. The van der Waals surface area contributed by atoms with Crippen LogP contribution < -0.4 is 5.32 Å². The summed E-state index contributed by atoms with van der Waals surface area (Å²) in [7, 11) is 1.36. The smallest absolute Gasteiger partial charge is 0.323 e. The SMILES string of the molecule is [C-]#[N+][C@@H]1CN[C@H](C(=O)OC)C1. The zero-order chi connectivity index (χ0) is 8.27. The van der Waals surface area contributed by atoms with E-state index < -0.39 is 0 Å². The Morgan fingerprint density at radius 1 is 1.82 bits per heavy atom. The van der Waals surface area contributed by atoms with Crippen molar-refractivity contribution >= 4 is 5.97 Å². The zero-order valence-corrected chi connectivity index (χ0v) is 6.33. The van der Waals surface area contributed by atoms with Crippen molar-refractivity contribution in [3.8, 4) is 0 Å². The Balaban J connectivity index is 2.43. The third kappa shape index (κ3) is 1.69. The summed E-state index contributed by atoms with van der Waals surface area (Å²) >= 11 is 0. The maximum Gasteiger partial charge on any atom is 0.323 e. The molecule has 0 bridgehead atoms. The second-order valence-electron chi connectivity index (χ2n) is 2.50. The summed E-state index contributed by atoms with van der Waals surface area (Å²) in [5.41, 5.74) is 0. The van der Waals surface area contributed by atoms with Crippen molar-refractivity contribution in [1.29, 1.82) is 0 Å². The van der Waals surface area contributed by atoms with Gasteiger partial charge in [-0.1, -0.05) is 0 Å². The third-order valence-corrected chi connectivity index (χ3v) is 1.78. The molecule has 0 aromatic rings. The molecule has 1 aliphatic rings. The van der Waals surface area contributed by atoms with Gasteiger partial charge < -0.3 is 9.58 Å². The van der Waals surface area contributed by atoms with Gasteiger partial charge in [0, 0.05) is 0 Å². The van der Waals surface area contributed by atoms with E-state index in [4.69, 9.17) is 6.57 Å². The minimum atomic E-state index is -0.267. The lowest BCUT2D eigenvalue weighted by atomic mass is 10.2. The van der Waals surface area contributed by atoms with E-state index in [0.717, 1.165) is 0 Å². The molecule has 0 saturated carbocycles. The molecule has 2 atom stereocenters. The number of esters is 1. The highest BCUT2D eigenvalue weighted by molar-refractivity contribution is 5.76. The first-order valence-corrected chi connectivity index (χ1v) is 3.45. The zero-order valence-electron chi connectivity index (χ0n) is 6.33. The van der Waals surface area contributed by atoms with Crippen molar-refractivity contribution in [2.24, 2.45) is 0 Å². The van der Waals surface area contributed by atoms with Gasteiger partial charge in [0.15, 0.2) is 0 Å². The van der Waals surface area contributed by atoms with Crippen LogP contribution in [0.5, 0.6) is 0 Å². The lowest BCUT2D eigenvalue weighted by molar-refractivity contribution is -0.142. The van der Waals surface area contributed by atoms with Gasteiger partial charge in [0.2, 0.25) is 6.04 Å². The maximum atomic E-state index is 10.9. The molecule has 0 unspecified atom stereocenters. The molecule has 1 aliphatic heterocycles. The predicted molar refractivity (Wildman–Crippen MR) is 38.8 cm³/mol. The van der Waals surface area contributed by atoms with E-state index in [0.29, 0.717) is 13.0 Å². The molecule has 0 amide bonds. The van der Waals surface area contributed by atoms with E-state index in [2.05, 4.69) is 14.9 Å². The molecule has 0 aliphatic carbocycles. The molecule has 60 valence electrons. The van der Waals surface area contributed by atoms with Gasteiger partial charge >= 0.3 is 5.97 Å². The van der Waals surface area contributed by atoms with Crippen molar-refractivity contribution in [3.63, 3.8) is 0 Å². The van der Waals surface area contributed by atoms with Crippen LogP contribution in [0.4, 0.5) is 0 Å². The molecule has 1 saturated heterocycles. The quantitative estimate of drug-likeness (QED) is 0.420. The van der Waals surface area contributed by atoms with Crippen LogP contribution in [0.3, 0.4) is 0 Å². The molecule has 1 rings (SSSR count). The minimum absolute atomic E-state index is 0.0564. The number of hydrogen-bond acceptors (Lipinski definition) is 3. The minimum Gasteiger partial charge on any atom is -0.468 e. The molecule has 1 N–H and O–H groups in total. The summed E-state index contributed by atoms with van der Waals surface area (Å²) in [5.74, 6) is -0.267. The van der Waals surface area contributed by atoms with E-state index in [1.807, 2.05) is 0 Å². The fourth-order valence-electron chi connectivity index (χ4n) is 1.14. The fourth-order valence-corrected chi connectivity index (χ4v) is 1.14. The Labute approximate surface area is 65.4 Å². The summed E-state index contributed by atoms with van der Waals surface area (Å²) in [4.78, 5) is 14.2. The van der Waals surface area contributed by atoms with Gasteiger partial charge in [-0.2, -0.15) is 0 Å². The van der Waals surface area contributed by atoms with Crippen LogP contribution in [0.25, 0.3) is 4.85 Å². The van der Waals surface area contributed by atoms with Crippen LogP contribution >= 0.6 is 0 Å². The Morgan fingerprint density at radius 2 is 2.55 bits per heavy atom. The second kappa shape index (κ2) is 3.35. The van der Waals surface area contributed by atoms with Gasteiger partial charge in [0.1, 0.15) is 6.04 Å². The summed E-state index contributed by atoms with van der Waals surface area (Å²) in [6, 6.07) is -0.321. The Morgan fingerprint density at radius 3 is 3.00 bits per heavy atom. The monoisotopic (exact) mass is 154 g/mol. The molecule has 1 fully saturated rings. The molecule has 0 aromatic carbocycles. The van der Waals surface area contributed by atoms with Gasteiger partial charge in [-0.25, -0.2) is 6.57 Å². The number of ether oxygens (including phenoxy) is 1. The summed E-state index contributed by atoms with van der Waals surface area (Å²) in [6.07, 6.45) is 0.580. The van der Waals surface area contributed by atoms with Crippen molar-refractivity contribution in [2.75, 3.05) is 13.7 Å². The van der Waals surface area contributed by atoms with Gasteiger partial charge in [0.25, 0.3) is 0 Å². The first kappa shape index (κ1) is 8.02. The van der Waals surface area contributed by atoms with E-state index in [9.17, 15) is 4.79 Å². The standard InChI is InChI=1S/C7H10N2O2/c1-8-5-3-6(9-4-5)7(10)11-2/h5-6,9H,3-4H2,2H3/t5-,6-/m0/s1. The maximum absolute atomic E-state index is 10.9. The summed E-state index contributed by atoms with van der Waals surface area (Å²) < 4.78 is 4.52. The highest BCUT2D eigenvalue weighted by atomic mass is 16.5. The largest absolute Gasteiger partial charge is 0.468 e. The summed E-state index contributed by atoms with van der Waals surface area (Å²) in [5, 5.41) is 2.92. The molecule has 0 spiro atoms. The number of nitrogens with one attached hydrogen (secondary N) is 1. The topological polar surface area (TPSA) is 42.7 Å². The van der Waals surface area contributed by atoms with Crippen molar-refractivity contribution in [1.82, 2.24) is 5.32 Å². The lowest BCUT2D eigenvalue weighted by Crippen LogP contribution is -2.31. The van der Waals surface area contributed by atoms with E-state index in [1.54, 1.807) is 0 Å². The van der Waals surface area contributed by atoms with E-state index in [1.165, 1.54) is 7.11 Å².